The smallest absolute Gasteiger partial charge is 0.244 e. The van der Waals surface area contributed by atoms with Crippen LogP contribution in [0.25, 0.3) is 0 Å². The lowest BCUT2D eigenvalue weighted by molar-refractivity contribution is -0.136. The van der Waals surface area contributed by atoms with Gasteiger partial charge in [0.15, 0.2) is 0 Å². The maximum atomic E-state index is 12.6. The minimum atomic E-state index is -0.489. The van der Waals surface area contributed by atoms with E-state index in [-0.39, 0.29) is 11.8 Å². The van der Waals surface area contributed by atoms with Crippen LogP contribution in [0.1, 0.15) is 18.9 Å². The number of nitrogens with one attached hydrogen (secondary N) is 1. The van der Waals surface area contributed by atoms with Crippen molar-refractivity contribution in [3.63, 3.8) is 0 Å². The van der Waals surface area contributed by atoms with Gasteiger partial charge in [0.05, 0.1) is 0 Å². The number of hydrogen-bond donors (Lipinski definition) is 1. The molecule has 2 aromatic rings. The summed E-state index contributed by atoms with van der Waals surface area (Å²) in [6.07, 6.45) is 1.08. The second-order valence-corrected chi connectivity index (χ2v) is 6.92. The normalized spacial score (nSPS) is 15.3. The van der Waals surface area contributed by atoms with E-state index in [1.165, 1.54) is 5.69 Å². The van der Waals surface area contributed by atoms with Crippen LogP contribution in [0.15, 0.2) is 60.7 Å². The zero-order chi connectivity index (χ0) is 19.1. The molecule has 3 rings (SSSR count). The molecule has 0 aromatic heterocycles. The second kappa shape index (κ2) is 9.21. The fraction of sp³-hybridized carbons (Fsp3) is 0.364. The first-order chi connectivity index (χ1) is 13.1. The summed E-state index contributed by atoms with van der Waals surface area (Å²) in [5.41, 5.74) is 2.32. The molecule has 0 bridgehead atoms. The largest absolute Gasteiger partial charge is 0.368 e. The molecule has 5 heteroatoms. The fourth-order valence-corrected chi connectivity index (χ4v) is 3.38. The molecule has 5 nitrogen and oxygen atoms in total. The van der Waals surface area contributed by atoms with Crippen molar-refractivity contribution >= 4 is 17.5 Å². The van der Waals surface area contributed by atoms with Gasteiger partial charge in [0, 0.05) is 38.3 Å². The van der Waals surface area contributed by atoms with E-state index in [2.05, 4.69) is 22.3 Å². The summed E-state index contributed by atoms with van der Waals surface area (Å²) >= 11 is 0. The van der Waals surface area contributed by atoms with Crippen molar-refractivity contribution in [3.8, 4) is 0 Å². The van der Waals surface area contributed by atoms with E-state index < -0.39 is 6.04 Å². The van der Waals surface area contributed by atoms with E-state index in [4.69, 9.17) is 0 Å². The van der Waals surface area contributed by atoms with Gasteiger partial charge in [-0.1, -0.05) is 48.5 Å². The lowest BCUT2D eigenvalue weighted by Gasteiger charge is -2.37. The molecule has 1 atom stereocenters. The molecule has 142 valence electrons. The number of carbonyl (C=O) groups excluding carboxylic acids is 2. The third-order valence-corrected chi connectivity index (χ3v) is 4.94. The fourth-order valence-electron chi connectivity index (χ4n) is 3.38. The molecule has 0 radical (unpaired) electrons. The number of rotatable bonds is 6. The van der Waals surface area contributed by atoms with Crippen LogP contribution in [0.5, 0.6) is 0 Å². The Bertz CT molecular complexity index is 741. The Morgan fingerprint density at radius 3 is 2.15 bits per heavy atom. The quantitative estimate of drug-likeness (QED) is 0.856. The van der Waals surface area contributed by atoms with Crippen LogP contribution >= 0.6 is 0 Å². The molecule has 1 fully saturated rings. The highest BCUT2D eigenvalue weighted by molar-refractivity contribution is 5.87. The molecule has 1 heterocycles. The summed E-state index contributed by atoms with van der Waals surface area (Å²) in [5, 5.41) is 2.85. The zero-order valence-corrected chi connectivity index (χ0v) is 15.8. The minimum absolute atomic E-state index is 0.00391. The van der Waals surface area contributed by atoms with Crippen LogP contribution < -0.4 is 10.2 Å². The van der Waals surface area contributed by atoms with Gasteiger partial charge in [-0.25, -0.2) is 0 Å². The van der Waals surface area contributed by atoms with Crippen LogP contribution in [0.3, 0.4) is 0 Å². The highest BCUT2D eigenvalue weighted by Gasteiger charge is 2.25. The van der Waals surface area contributed by atoms with E-state index in [0.717, 1.165) is 18.7 Å². The zero-order valence-electron chi connectivity index (χ0n) is 15.8. The van der Waals surface area contributed by atoms with Crippen molar-refractivity contribution in [3.05, 3.63) is 66.2 Å². The van der Waals surface area contributed by atoms with Gasteiger partial charge in [-0.2, -0.15) is 0 Å². The van der Waals surface area contributed by atoms with E-state index >= 15 is 0 Å². The highest BCUT2D eigenvalue weighted by Crippen LogP contribution is 2.16. The van der Waals surface area contributed by atoms with E-state index in [1.807, 2.05) is 53.4 Å². The van der Waals surface area contributed by atoms with Gasteiger partial charge >= 0.3 is 0 Å². The third kappa shape index (κ3) is 5.33. The Hall–Kier alpha value is -2.82. The molecular formula is C22H27N3O2. The van der Waals surface area contributed by atoms with Crippen molar-refractivity contribution < 1.29 is 9.59 Å². The second-order valence-electron chi connectivity index (χ2n) is 6.92. The Morgan fingerprint density at radius 1 is 0.926 bits per heavy atom. The number of piperazine rings is 1. The molecule has 1 saturated heterocycles. The summed E-state index contributed by atoms with van der Waals surface area (Å²) in [4.78, 5) is 28.9. The van der Waals surface area contributed by atoms with E-state index in [9.17, 15) is 9.59 Å². The van der Waals surface area contributed by atoms with Crippen LogP contribution in [0.4, 0.5) is 5.69 Å². The van der Waals surface area contributed by atoms with Gasteiger partial charge in [-0.05, 0) is 31.0 Å². The predicted molar refractivity (Wildman–Crippen MR) is 108 cm³/mol. The summed E-state index contributed by atoms with van der Waals surface area (Å²) < 4.78 is 0. The van der Waals surface area contributed by atoms with Crippen molar-refractivity contribution in [2.24, 2.45) is 0 Å². The summed E-state index contributed by atoms with van der Waals surface area (Å²) in [6.45, 7) is 4.75. The van der Waals surface area contributed by atoms with Crippen molar-refractivity contribution in [2.75, 3.05) is 31.1 Å². The van der Waals surface area contributed by atoms with Gasteiger partial charge < -0.3 is 15.1 Å². The minimum Gasteiger partial charge on any atom is -0.368 e. The lowest BCUT2D eigenvalue weighted by Crippen LogP contribution is -2.54. The average Bonchev–Trinajstić information content (AvgIpc) is 2.73. The lowest BCUT2D eigenvalue weighted by atomic mass is 10.1. The summed E-state index contributed by atoms with van der Waals surface area (Å²) in [6, 6.07) is 19.7. The SMILES string of the molecule is C[C@H](NC(=O)CCc1ccccc1)C(=O)N1CCN(c2ccccc2)CC1. The summed E-state index contributed by atoms with van der Waals surface area (Å²) in [5.74, 6) is -0.0848. The van der Waals surface area contributed by atoms with Crippen LogP contribution in [0.2, 0.25) is 0 Å². The number of para-hydroxylation sites is 1. The molecule has 0 saturated carbocycles. The molecule has 0 unspecified atom stereocenters. The van der Waals surface area contributed by atoms with E-state index in [1.54, 1.807) is 6.92 Å². The number of anilines is 1. The summed E-state index contributed by atoms with van der Waals surface area (Å²) in [7, 11) is 0. The molecule has 0 spiro atoms. The third-order valence-electron chi connectivity index (χ3n) is 4.94. The molecular weight excluding hydrogens is 338 g/mol. The van der Waals surface area contributed by atoms with E-state index in [0.29, 0.717) is 25.9 Å². The number of hydrogen-bond acceptors (Lipinski definition) is 3. The van der Waals surface area contributed by atoms with Gasteiger partial charge in [0.2, 0.25) is 11.8 Å². The molecule has 1 aliphatic heterocycles. The van der Waals surface area contributed by atoms with Gasteiger partial charge in [-0.15, -0.1) is 0 Å². The van der Waals surface area contributed by atoms with Crippen molar-refractivity contribution in [1.82, 2.24) is 10.2 Å². The Morgan fingerprint density at radius 2 is 1.52 bits per heavy atom. The molecule has 2 aromatic carbocycles. The molecule has 1 aliphatic rings. The standard InChI is InChI=1S/C22H27N3O2/c1-18(23-21(26)13-12-19-8-4-2-5-9-19)22(27)25-16-14-24(15-17-25)20-10-6-3-7-11-20/h2-11,18H,12-17H2,1H3,(H,23,26)/t18-/m0/s1. The highest BCUT2D eigenvalue weighted by atomic mass is 16.2. The van der Waals surface area contributed by atoms with Crippen LogP contribution in [0, 0.1) is 0 Å². The first-order valence-electron chi connectivity index (χ1n) is 9.55. The predicted octanol–water partition coefficient (Wildman–Crippen LogP) is 2.47. The number of benzene rings is 2. The number of nitrogens with zero attached hydrogens (tertiary/aromatic N) is 2. The van der Waals surface area contributed by atoms with Gasteiger partial charge in [0.1, 0.15) is 6.04 Å². The Kier molecular flexibility index (Phi) is 6.47. The topological polar surface area (TPSA) is 52.7 Å². The first-order valence-corrected chi connectivity index (χ1v) is 9.55. The molecule has 1 N–H and O–H groups in total. The van der Waals surface area contributed by atoms with Crippen molar-refractivity contribution in [2.45, 2.75) is 25.8 Å². The Balaban J connectivity index is 1.43. The Labute approximate surface area is 161 Å². The number of carbonyl (C=O) groups is 2. The molecule has 27 heavy (non-hydrogen) atoms. The number of aryl methyl sites for hydroxylation is 1. The first kappa shape index (κ1) is 19.0. The maximum Gasteiger partial charge on any atom is 0.244 e. The van der Waals surface area contributed by atoms with Crippen molar-refractivity contribution in [1.29, 1.82) is 0 Å². The van der Waals surface area contributed by atoms with Crippen LogP contribution in [-0.4, -0.2) is 48.9 Å². The number of amides is 2. The monoisotopic (exact) mass is 365 g/mol. The molecule has 2 amide bonds. The van der Waals surface area contributed by atoms with Crippen LogP contribution in [-0.2, 0) is 16.0 Å². The molecule has 0 aliphatic carbocycles. The van der Waals surface area contributed by atoms with Gasteiger partial charge in [-0.3, -0.25) is 9.59 Å². The van der Waals surface area contributed by atoms with Gasteiger partial charge in [0.25, 0.3) is 0 Å². The average molecular weight is 365 g/mol. The maximum absolute atomic E-state index is 12.6.